The molecule has 0 saturated heterocycles. The Balaban J connectivity index is 3.00. The number of carbonyl (C=O) groups excluding carboxylic acids is 2. The molecule has 1 aromatic rings. The molecule has 0 aliphatic heterocycles. The van der Waals surface area contributed by atoms with Gasteiger partial charge in [-0.05, 0) is 67.5 Å². The quantitative estimate of drug-likeness (QED) is 0.645. The predicted octanol–water partition coefficient (Wildman–Crippen LogP) is 4.26. The maximum absolute atomic E-state index is 12.5. The molecule has 0 aliphatic carbocycles. The summed E-state index contributed by atoms with van der Waals surface area (Å²) in [6.07, 6.45) is -2.92. The standard InChI is InChI=1S/C20H31NO7S/c1-14-9-11-16(12-10-14)29(24,25)28-15(2)13-21(17(22)26-19(3,4)5)18(23)27-20(6,7)8/h9-12,15H,13H2,1-8H3. The molecule has 164 valence electrons. The fraction of sp³-hybridized carbons (Fsp3) is 0.600. The average Bonchev–Trinajstić information content (AvgIpc) is 2.49. The average molecular weight is 430 g/mol. The van der Waals surface area contributed by atoms with Crippen molar-refractivity contribution in [2.24, 2.45) is 0 Å². The van der Waals surface area contributed by atoms with Gasteiger partial charge >= 0.3 is 12.2 Å². The van der Waals surface area contributed by atoms with Crippen LogP contribution in [0, 0.1) is 6.92 Å². The first-order valence-corrected chi connectivity index (χ1v) is 10.6. The molecule has 0 fully saturated rings. The van der Waals surface area contributed by atoms with E-state index < -0.39 is 39.6 Å². The third-order valence-electron chi connectivity index (χ3n) is 3.27. The van der Waals surface area contributed by atoms with E-state index in [4.69, 9.17) is 13.7 Å². The van der Waals surface area contributed by atoms with E-state index in [-0.39, 0.29) is 11.4 Å². The van der Waals surface area contributed by atoms with Crippen LogP contribution in [0.5, 0.6) is 0 Å². The van der Waals surface area contributed by atoms with Gasteiger partial charge in [0.15, 0.2) is 0 Å². The minimum absolute atomic E-state index is 0.0176. The van der Waals surface area contributed by atoms with Crippen LogP contribution in [-0.2, 0) is 23.8 Å². The van der Waals surface area contributed by atoms with Crippen LogP contribution in [0.2, 0.25) is 0 Å². The van der Waals surface area contributed by atoms with Crippen molar-refractivity contribution >= 4 is 22.3 Å². The molecule has 0 bridgehead atoms. The first kappa shape index (κ1) is 24.9. The molecule has 0 radical (unpaired) electrons. The molecule has 1 aromatic carbocycles. The van der Waals surface area contributed by atoms with E-state index in [0.717, 1.165) is 5.56 Å². The van der Waals surface area contributed by atoms with Gasteiger partial charge in [0.2, 0.25) is 0 Å². The first-order chi connectivity index (χ1) is 13.0. The molecule has 8 nitrogen and oxygen atoms in total. The third-order valence-corrected chi connectivity index (χ3v) is 4.70. The number of hydrogen-bond acceptors (Lipinski definition) is 7. The van der Waals surface area contributed by atoms with Crippen LogP contribution in [0.1, 0.15) is 54.0 Å². The molecular formula is C20H31NO7S. The second kappa shape index (κ2) is 9.13. The summed E-state index contributed by atoms with van der Waals surface area (Å²) in [5.74, 6) is 0. The molecular weight excluding hydrogens is 398 g/mol. The highest BCUT2D eigenvalue weighted by molar-refractivity contribution is 7.86. The Morgan fingerprint density at radius 1 is 0.931 bits per heavy atom. The normalized spacial score (nSPS) is 13.5. The monoisotopic (exact) mass is 429 g/mol. The second-order valence-corrected chi connectivity index (χ2v) is 10.3. The number of aryl methyl sites for hydroxylation is 1. The van der Waals surface area contributed by atoms with Gasteiger partial charge in [-0.3, -0.25) is 4.18 Å². The Labute approximate surface area is 173 Å². The van der Waals surface area contributed by atoms with Crippen LogP contribution in [-0.4, -0.2) is 49.4 Å². The van der Waals surface area contributed by atoms with Gasteiger partial charge in [-0.2, -0.15) is 8.42 Å². The summed E-state index contributed by atoms with van der Waals surface area (Å²) in [6.45, 7) is 12.8. The molecule has 0 N–H and O–H groups in total. The van der Waals surface area contributed by atoms with Crippen molar-refractivity contribution in [2.75, 3.05) is 6.54 Å². The van der Waals surface area contributed by atoms with Gasteiger partial charge in [0.25, 0.3) is 10.1 Å². The maximum Gasteiger partial charge on any atom is 0.419 e. The summed E-state index contributed by atoms with van der Waals surface area (Å²) in [5.41, 5.74) is -0.803. The molecule has 0 heterocycles. The molecule has 1 unspecified atom stereocenters. The zero-order valence-corrected chi connectivity index (χ0v) is 19.1. The van der Waals surface area contributed by atoms with Crippen LogP contribution >= 0.6 is 0 Å². The molecule has 0 aromatic heterocycles. The zero-order chi connectivity index (χ0) is 22.6. The summed E-state index contributed by atoms with van der Waals surface area (Å²) < 4.78 is 40.6. The van der Waals surface area contributed by atoms with Crippen molar-refractivity contribution in [1.29, 1.82) is 0 Å². The Bertz CT molecular complexity index is 790. The first-order valence-electron chi connectivity index (χ1n) is 9.23. The van der Waals surface area contributed by atoms with E-state index in [1.807, 2.05) is 6.92 Å². The van der Waals surface area contributed by atoms with Crippen molar-refractivity contribution in [1.82, 2.24) is 4.90 Å². The van der Waals surface area contributed by atoms with E-state index in [0.29, 0.717) is 4.90 Å². The van der Waals surface area contributed by atoms with Crippen molar-refractivity contribution in [3.63, 3.8) is 0 Å². The number of benzene rings is 1. The van der Waals surface area contributed by atoms with E-state index in [1.54, 1.807) is 53.7 Å². The van der Waals surface area contributed by atoms with Gasteiger partial charge < -0.3 is 9.47 Å². The fourth-order valence-corrected chi connectivity index (χ4v) is 3.20. The molecule has 29 heavy (non-hydrogen) atoms. The van der Waals surface area contributed by atoms with Crippen LogP contribution in [0.25, 0.3) is 0 Å². The van der Waals surface area contributed by atoms with Gasteiger partial charge in [0.05, 0.1) is 17.5 Å². The highest BCUT2D eigenvalue weighted by atomic mass is 32.2. The van der Waals surface area contributed by atoms with Crippen LogP contribution in [0.4, 0.5) is 9.59 Å². The number of rotatable bonds is 5. The summed E-state index contributed by atoms with van der Waals surface area (Å²) in [7, 11) is -4.07. The van der Waals surface area contributed by atoms with Gasteiger partial charge in [-0.25, -0.2) is 14.5 Å². The zero-order valence-electron chi connectivity index (χ0n) is 18.3. The molecule has 0 spiro atoms. The molecule has 0 aliphatic rings. The number of imide groups is 1. The Kier molecular flexibility index (Phi) is 7.84. The predicted molar refractivity (Wildman–Crippen MR) is 108 cm³/mol. The van der Waals surface area contributed by atoms with Crippen LogP contribution in [0.3, 0.4) is 0 Å². The van der Waals surface area contributed by atoms with Gasteiger partial charge in [0, 0.05) is 0 Å². The SMILES string of the molecule is Cc1ccc(S(=O)(=O)OC(C)CN(C(=O)OC(C)(C)C)C(=O)OC(C)(C)C)cc1. The number of ether oxygens (including phenoxy) is 2. The topological polar surface area (TPSA) is 99.2 Å². The minimum atomic E-state index is -4.07. The van der Waals surface area contributed by atoms with E-state index in [1.165, 1.54) is 19.1 Å². The summed E-state index contributed by atoms with van der Waals surface area (Å²) in [4.78, 5) is 25.7. The second-order valence-electron chi connectivity index (χ2n) is 8.75. The van der Waals surface area contributed by atoms with Crippen LogP contribution < -0.4 is 0 Å². The molecule has 1 atom stereocenters. The summed E-state index contributed by atoms with van der Waals surface area (Å²) in [6, 6.07) is 6.15. The van der Waals surface area contributed by atoms with Gasteiger partial charge in [-0.1, -0.05) is 17.7 Å². The molecule has 2 amide bonds. The number of amides is 2. The van der Waals surface area contributed by atoms with E-state index in [2.05, 4.69) is 0 Å². The van der Waals surface area contributed by atoms with Gasteiger partial charge in [-0.15, -0.1) is 0 Å². The largest absolute Gasteiger partial charge is 0.443 e. The number of nitrogens with zero attached hydrogens (tertiary/aromatic N) is 1. The lowest BCUT2D eigenvalue weighted by Gasteiger charge is -2.29. The Morgan fingerprint density at radius 3 is 1.72 bits per heavy atom. The molecule has 1 rings (SSSR count). The lowest BCUT2D eigenvalue weighted by atomic mass is 10.2. The van der Waals surface area contributed by atoms with Crippen molar-refractivity contribution in [3.8, 4) is 0 Å². The summed E-state index contributed by atoms with van der Waals surface area (Å²) in [5, 5.41) is 0. The third kappa shape index (κ3) is 8.82. The lowest BCUT2D eigenvalue weighted by molar-refractivity contribution is -0.00455. The lowest BCUT2D eigenvalue weighted by Crippen LogP contribution is -2.47. The van der Waals surface area contributed by atoms with Crippen LogP contribution in [0.15, 0.2) is 29.2 Å². The minimum Gasteiger partial charge on any atom is -0.443 e. The Hall–Kier alpha value is -2.13. The maximum atomic E-state index is 12.5. The highest BCUT2D eigenvalue weighted by Gasteiger charge is 2.33. The van der Waals surface area contributed by atoms with Crippen molar-refractivity contribution < 1.29 is 31.7 Å². The smallest absolute Gasteiger partial charge is 0.419 e. The van der Waals surface area contributed by atoms with E-state index in [9.17, 15) is 18.0 Å². The fourth-order valence-electron chi connectivity index (χ4n) is 2.12. The molecule has 9 heteroatoms. The summed E-state index contributed by atoms with van der Waals surface area (Å²) >= 11 is 0. The highest BCUT2D eigenvalue weighted by Crippen LogP contribution is 2.18. The Morgan fingerprint density at radius 2 is 1.34 bits per heavy atom. The number of hydrogen-bond donors (Lipinski definition) is 0. The van der Waals surface area contributed by atoms with Crippen molar-refractivity contribution in [3.05, 3.63) is 29.8 Å². The molecule has 0 saturated carbocycles. The van der Waals surface area contributed by atoms with E-state index >= 15 is 0 Å². The van der Waals surface area contributed by atoms with Gasteiger partial charge in [0.1, 0.15) is 11.2 Å². The number of carbonyl (C=O) groups is 2. The van der Waals surface area contributed by atoms with Crippen molar-refractivity contribution in [2.45, 2.75) is 77.6 Å².